The number of carbonyl (C=O) groups is 2. The van der Waals surface area contributed by atoms with E-state index in [-0.39, 0.29) is 18.6 Å². The Hall–Kier alpha value is -2.88. The fourth-order valence-corrected chi connectivity index (χ4v) is 3.09. The van der Waals surface area contributed by atoms with Crippen LogP contribution in [0.3, 0.4) is 0 Å². The molecule has 0 saturated carbocycles. The summed E-state index contributed by atoms with van der Waals surface area (Å²) in [6.07, 6.45) is 2.16. The average molecular weight is 335 g/mol. The Balaban J connectivity index is 1.75. The maximum atomic E-state index is 12.9. The molecule has 0 bridgehead atoms. The van der Waals surface area contributed by atoms with Gasteiger partial charge in [0.1, 0.15) is 6.61 Å². The minimum Gasteiger partial charge on any atom is -0.447 e. The summed E-state index contributed by atoms with van der Waals surface area (Å²) in [5, 5.41) is 0. The molecule has 128 valence electrons. The van der Waals surface area contributed by atoms with Gasteiger partial charge in [-0.25, -0.2) is 9.69 Å². The van der Waals surface area contributed by atoms with Gasteiger partial charge in [0.2, 0.25) is 5.91 Å². The van der Waals surface area contributed by atoms with Crippen molar-refractivity contribution >= 4 is 12.0 Å². The Kier molecular flexibility index (Phi) is 5.29. The Morgan fingerprint density at radius 2 is 1.72 bits per heavy atom. The molecule has 1 heterocycles. The number of rotatable bonds is 6. The maximum Gasteiger partial charge on any atom is 0.417 e. The molecule has 25 heavy (non-hydrogen) atoms. The Morgan fingerprint density at radius 3 is 2.32 bits per heavy atom. The van der Waals surface area contributed by atoms with Gasteiger partial charge in [-0.2, -0.15) is 0 Å². The number of cyclic esters (lactones) is 1. The highest BCUT2D eigenvalue weighted by atomic mass is 16.6. The standard InChI is InChI=1S/C21H21NO3/c1-2-18(13-16-9-5-3-6-10-16)20(23)22-19(15-25-21(22)24)14-17-11-7-4-8-12-17/h2-12,18-19H,1,13-15H2/t18-,19+/m0/s1. The highest BCUT2D eigenvalue weighted by Crippen LogP contribution is 2.22. The highest BCUT2D eigenvalue weighted by molar-refractivity contribution is 5.95. The van der Waals surface area contributed by atoms with Crippen LogP contribution < -0.4 is 0 Å². The van der Waals surface area contributed by atoms with Crippen molar-refractivity contribution < 1.29 is 14.3 Å². The molecule has 0 aromatic heterocycles. The van der Waals surface area contributed by atoms with Gasteiger partial charge in [-0.05, 0) is 24.0 Å². The van der Waals surface area contributed by atoms with Crippen LogP contribution in [0.2, 0.25) is 0 Å². The first-order chi connectivity index (χ1) is 12.2. The van der Waals surface area contributed by atoms with Crippen LogP contribution in [-0.4, -0.2) is 29.5 Å². The summed E-state index contributed by atoms with van der Waals surface area (Å²) < 4.78 is 5.15. The molecular formula is C21H21NO3. The second kappa shape index (κ2) is 7.79. The van der Waals surface area contributed by atoms with E-state index in [0.717, 1.165) is 11.1 Å². The van der Waals surface area contributed by atoms with Crippen LogP contribution in [-0.2, 0) is 22.4 Å². The molecule has 0 aliphatic carbocycles. The van der Waals surface area contributed by atoms with Gasteiger partial charge in [0, 0.05) is 0 Å². The molecule has 0 N–H and O–H groups in total. The van der Waals surface area contributed by atoms with Crippen LogP contribution in [0, 0.1) is 5.92 Å². The van der Waals surface area contributed by atoms with Crippen molar-refractivity contribution in [2.75, 3.05) is 6.61 Å². The van der Waals surface area contributed by atoms with Crippen molar-refractivity contribution in [2.45, 2.75) is 18.9 Å². The summed E-state index contributed by atoms with van der Waals surface area (Å²) >= 11 is 0. The number of carbonyl (C=O) groups excluding carboxylic acids is 2. The Morgan fingerprint density at radius 1 is 1.12 bits per heavy atom. The quantitative estimate of drug-likeness (QED) is 0.758. The molecule has 0 radical (unpaired) electrons. The molecule has 1 aliphatic rings. The summed E-state index contributed by atoms with van der Waals surface area (Å²) in [6.45, 7) is 4.01. The molecule has 1 fully saturated rings. The van der Waals surface area contributed by atoms with Gasteiger partial charge < -0.3 is 4.74 Å². The van der Waals surface area contributed by atoms with Gasteiger partial charge in [-0.1, -0.05) is 66.7 Å². The smallest absolute Gasteiger partial charge is 0.417 e. The Labute approximate surface area is 147 Å². The molecule has 1 aliphatic heterocycles. The minimum atomic E-state index is -0.564. The third kappa shape index (κ3) is 3.97. The topological polar surface area (TPSA) is 46.6 Å². The first-order valence-corrected chi connectivity index (χ1v) is 8.39. The molecule has 2 amide bonds. The Bertz CT molecular complexity index is 742. The highest BCUT2D eigenvalue weighted by Gasteiger charge is 2.40. The second-order valence-corrected chi connectivity index (χ2v) is 6.16. The van der Waals surface area contributed by atoms with E-state index in [0.29, 0.717) is 12.8 Å². The van der Waals surface area contributed by atoms with E-state index in [1.807, 2.05) is 60.7 Å². The molecule has 1 saturated heterocycles. The third-order valence-corrected chi connectivity index (χ3v) is 4.41. The van der Waals surface area contributed by atoms with E-state index in [2.05, 4.69) is 6.58 Å². The molecule has 2 atom stereocenters. The van der Waals surface area contributed by atoms with Crippen LogP contribution in [0.4, 0.5) is 4.79 Å². The summed E-state index contributed by atoms with van der Waals surface area (Å²) in [6, 6.07) is 19.3. The molecule has 0 spiro atoms. The molecule has 2 aromatic rings. The number of hydrogen-bond donors (Lipinski definition) is 0. The van der Waals surface area contributed by atoms with E-state index in [9.17, 15) is 9.59 Å². The first kappa shape index (κ1) is 17.0. The van der Waals surface area contributed by atoms with E-state index in [4.69, 9.17) is 4.74 Å². The molecular weight excluding hydrogens is 314 g/mol. The number of imide groups is 1. The van der Waals surface area contributed by atoms with Crippen molar-refractivity contribution in [3.63, 3.8) is 0 Å². The molecule has 3 rings (SSSR count). The summed E-state index contributed by atoms with van der Waals surface area (Å²) in [4.78, 5) is 26.3. The van der Waals surface area contributed by atoms with E-state index in [1.54, 1.807) is 6.08 Å². The lowest BCUT2D eigenvalue weighted by Gasteiger charge is -2.23. The minimum absolute atomic E-state index is 0.231. The van der Waals surface area contributed by atoms with Gasteiger partial charge in [0.05, 0.1) is 12.0 Å². The van der Waals surface area contributed by atoms with Crippen molar-refractivity contribution in [3.05, 3.63) is 84.4 Å². The molecule has 4 heteroatoms. The zero-order valence-corrected chi connectivity index (χ0v) is 14.0. The van der Waals surface area contributed by atoms with Gasteiger partial charge in [-0.15, -0.1) is 6.58 Å². The fraction of sp³-hybridized carbons (Fsp3) is 0.238. The van der Waals surface area contributed by atoms with E-state index in [1.165, 1.54) is 4.90 Å². The number of hydrogen-bond acceptors (Lipinski definition) is 3. The van der Waals surface area contributed by atoms with Gasteiger partial charge in [0.25, 0.3) is 0 Å². The lowest BCUT2D eigenvalue weighted by Crippen LogP contribution is -2.43. The predicted molar refractivity (Wildman–Crippen MR) is 96.0 cm³/mol. The fourth-order valence-electron chi connectivity index (χ4n) is 3.09. The van der Waals surface area contributed by atoms with Crippen LogP contribution in [0.5, 0.6) is 0 Å². The maximum absolute atomic E-state index is 12.9. The van der Waals surface area contributed by atoms with Crippen molar-refractivity contribution in [1.82, 2.24) is 4.90 Å². The number of amides is 2. The van der Waals surface area contributed by atoms with Crippen LogP contribution >= 0.6 is 0 Å². The largest absolute Gasteiger partial charge is 0.447 e. The van der Waals surface area contributed by atoms with Crippen molar-refractivity contribution in [2.24, 2.45) is 5.92 Å². The van der Waals surface area contributed by atoms with Crippen LogP contribution in [0.25, 0.3) is 0 Å². The lowest BCUT2D eigenvalue weighted by atomic mass is 9.97. The number of benzene rings is 2. The lowest BCUT2D eigenvalue weighted by molar-refractivity contribution is -0.131. The zero-order valence-electron chi connectivity index (χ0n) is 14.0. The molecule has 0 unspecified atom stereocenters. The summed E-state index contributed by atoms with van der Waals surface area (Å²) in [7, 11) is 0. The number of nitrogens with zero attached hydrogens (tertiary/aromatic N) is 1. The normalized spacial score (nSPS) is 17.8. The zero-order chi connectivity index (χ0) is 17.6. The van der Waals surface area contributed by atoms with Crippen molar-refractivity contribution in [1.29, 1.82) is 0 Å². The molecule has 4 nitrogen and oxygen atoms in total. The van der Waals surface area contributed by atoms with Crippen LogP contribution in [0.1, 0.15) is 11.1 Å². The monoisotopic (exact) mass is 335 g/mol. The van der Waals surface area contributed by atoms with Gasteiger partial charge in [0.15, 0.2) is 0 Å². The van der Waals surface area contributed by atoms with E-state index < -0.39 is 12.0 Å². The average Bonchev–Trinajstić information content (AvgIpc) is 3.01. The third-order valence-electron chi connectivity index (χ3n) is 4.41. The SMILES string of the molecule is C=C[C@@H](Cc1ccccc1)C(=O)N1C(=O)OC[C@H]1Cc1ccccc1. The second-order valence-electron chi connectivity index (χ2n) is 6.16. The number of ether oxygens (including phenoxy) is 1. The molecule has 2 aromatic carbocycles. The van der Waals surface area contributed by atoms with Crippen molar-refractivity contribution in [3.8, 4) is 0 Å². The van der Waals surface area contributed by atoms with E-state index >= 15 is 0 Å². The van der Waals surface area contributed by atoms with Gasteiger partial charge in [-0.3, -0.25) is 4.79 Å². The summed E-state index contributed by atoms with van der Waals surface area (Å²) in [5.74, 6) is -0.700. The predicted octanol–water partition coefficient (Wildman–Crippen LogP) is 3.62. The van der Waals surface area contributed by atoms with Crippen LogP contribution in [0.15, 0.2) is 73.3 Å². The summed E-state index contributed by atoms with van der Waals surface area (Å²) in [5.41, 5.74) is 2.11. The first-order valence-electron chi connectivity index (χ1n) is 8.39. The van der Waals surface area contributed by atoms with Gasteiger partial charge >= 0.3 is 6.09 Å².